The lowest BCUT2D eigenvalue weighted by molar-refractivity contribution is 0.0759. The van der Waals surface area contributed by atoms with Crippen LogP contribution in [0.1, 0.15) is 48.5 Å². The van der Waals surface area contributed by atoms with Gasteiger partial charge in [-0.3, -0.25) is 4.79 Å². The molecule has 0 aromatic heterocycles. The third-order valence-corrected chi connectivity index (χ3v) is 5.07. The zero-order chi connectivity index (χ0) is 13.8. The van der Waals surface area contributed by atoms with Crippen molar-refractivity contribution in [3.8, 4) is 0 Å². The first-order valence-electron chi connectivity index (χ1n) is 7.18. The summed E-state index contributed by atoms with van der Waals surface area (Å²) in [5, 5.41) is 0. The highest BCUT2D eigenvalue weighted by Gasteiger charge is 2.22. The minimum Gasteiger partial charge on any atom is -0.339 e. The third kappa shape index (κ3) is 3.38. The molecule has 1 unspecified atom stereocenters. The highest BCUT2D eigenvalue weighted by Crippen LogP contribution is 2.24. The average Bonchev–Trinajstić information content (AvgIpc) is 2.66. The summed E-state index contributed by atoms with van der Waals surface area (Å²) in [4.78, 5) is 14.7. The zero-order valence-corrected chi connectivity index (χ0v) is 13.4. The Morgan fingerprint density at radius 2 is 2.16 bits per heavy atom. The van der Waals surface area contributed by atoms with E-state index in [1.54, 1.807) is 0 Å². The Morgan fingerprint density at radius 1 is 1.37 bits per heavy atom. The maximum atomic E-state index is 12.6. The molecular formula is C16H22BrNO. The Hall–Kier alpha value is -0.830. The number of nitrogens with zero attached hydrogens (tertiary/aromatic N) is 1. The van der Waals surface area contributed by atoms with E-state index in [0.717, 1.165) is 47.4 Å². The molecule has 0 aliphatic carbocycles. The van der Waals surface area contributed by atoms with Crippen LogP contribution in [0.5, 0.6) is 0 Å². The molecule has 0 radical (unpaired) electrons. The Kier molecular flexibility index (Phi) is 5.03. The van der Waals surface area contributed by atoms with E-state index < -0.39 is 0 Å². The molecule has 0 saturated carbocycles. The number of hydrogen-bond donors (Lipinski definition) is 0. The first-order valence-corrected chi connectivity index (χ1v) is 7.97. The van der Waals surface area contributed by atoms with Crippen LogP contribution in [0, 0.1) is 12.8 Å². The van der Waals surface area contributed by atoms with Gasteiger partial charge in [0.15, 0.2) is 0 Å². The number of likely N-dealkylation sites (tertiary alicyclic amines) is 1. The van der Waals surface area contributed by atoms with Crippen LogP contribution in [0.25, 0.3) is 0 Å². The van der Waals surface area contributed by atoms with Crippen molar-refractivity contribution in [2.45, 2.75) is 39.5 Å². The van der Waals surface area contributed by atoms with Crippen molar-refractivity contribution in [2.24, 2.45) is 5.92 Å². The highest BCUT2D eigenvalue weighted by atomic mass is 79.9. The third-order valence-electron chi connectivity index (χ3n) is 4.21. The smallest absolute Gasteiger partial charge is 0.254 e. The SMILES string of the molecule is CCC1CCCN(C(=O)c2cccc(Br)c2C)CC1. The molecule has 19 heavy (non-hydrogen) atoms. The van der Waals surface area contributed by atoms with Gasteiger partial charge < -0.3 is 4.90 Å². The summed E-state index contributed by atoms with van der Waals surface area (Å²) < 4.78 is 1.01. The van der Waals surface area contributed by atoms with Crippen molar-refractivity contribution in [1.82, 2.24) is 4.90 Å². The zero-order valence-electron chi connectivity index (χ0n) is 11.8. The molecule has 1 fully saturated rings. The van der Waals surface area contributed by atoms with E-state index >= 15 is 0 Å². The van der Waals surface area contributed by atoms with Crippen molar-refractivity contribution >= 4 is 21.8 Å². The van der Waals surface area contributed by atoms with E-state index in [0.29, 0.717) is 0 Å². The summed E-state index contributed by atoms with van der Waals surface area (Å²) in [6.07, 6.45) is 4.78. The van der Waals surface area contributed by atoms with E-state index in [1.807, 2.05) is 30.0 Å². The van der Waals surface area contributed by atoms with Gasteiger partial charge in [0.2, 0.25) is 0 Å². The van der Waals surface area contributed by atoms with E-state index in [4.69, 9.17) is 0 Å². The molecule has 0 spiro atoms. The van der Waals surface area contributed by atoms with Crippen molar-refractivity contribution in [1.29, 1.82) is 0 Å². The molecule has 1 atom stereocenters. The number of amides is 1. The van der Waals surface area contributed by atoms with Gasteiger partial charge in [0, 0.05) is 23.1 Å². The van der Waals surface area contributed by atoms with E-state index in [1.165, 1.54) is 12.8 Å². The minimum absolute atomic E-state index is 0.190. The maximum Gasteiger partial charge on any atom is 0.254 e. The molecule has 2 rings (SSSR count). The molecule has 1 aliphatic heterocycles. The number of rotatable bonds is 2. The van der Waals surface area contributed by atoms with Crippen LogP contribution in [-0.4, -0.2) is 23.9 Å². The van der Waals surface area contributed by atoms with Crippen LogP contribution in [0.4, 0.5) is 0 Å². The van der Waals surface area contributed by atoms with Crippen molar-refractivity contribution in [2.75, 3.05) is 13.1 Å². The lowest BCUT2D eigenvalue weighted by Crippen LogP contribution is -2.32. The normalized spacial score (nSPS) is 20.2. The van der Waals surface area contributed by atoms with Crippen LogP contribution in [0.15, 0.2) is 22.7 Å². The predicted octanol–water partition coefficient (Wildman–Crippen LogP) is 4.41. The molecule has 1 saturated heterocycles. The standard InChI is InChI=1S/C16H22BrNO/c1-3-13-6-5-10-18(11-9-13)16(19)14-7-4-8-15(17)12(14)2/h4,7-8,13H,3,5-6,9-11H2,1-2H3. The number of carbonyl (C=O) groups is 1. The Morgan fingerprint density at radius 3 is 2.89 bits per heavy atom. The van der Waals surface area contributed by atoms with Crippen LogP contribution in [0.2, 0.25) is 0 Å². The van der Waals surface area contributed by atoms with Crippen LogP contribution in [0.3, 0.4) is 0 Å². The van der Waals surface area contributed by atoms with Gasteiger partial charge >= 0.3 is 0 Å². The largest absolute Gasteiger partial charge is 0.339 e. The molecule has 2 nitrogen and oxygen atoms in total. The number of halogens is 1. The fourth-order valence-electron chi connectivity index (χ4n) is 2.79. The summed E-state index contributed by atoms with van der Waals surface area (Å²) >= 11 is 3.50. The van der Waals surface area contributed by atoms with E-state index in [2.05, 4.69) is 22.9 Å². The summed E-state index contributed by atoms with van der Waals surface area (Å²) in [6.45, 7) is 6.06. The van der Waals surface area contributed by atoms with Gasteiger partial charge in [0.25, 0.3) is 5.91 Å². The van der Waals surface area contributed by atoms with Crippen molar-refractivity contribution < 1.29 is 4.79 Å². The molecule has 3 heteroatoms. The van der Waals surface area contributed by atoms with Gasteiger partial charge in [-0.1, -0.05) is 35.3 Å². The molecule has 1 aliphatic rings. The first-order chi connectivity index (χ1) is 9.13. The summed E-state index contributed by atoms with van der Waals surface area (Å²) in [6, 6.07) is 5.86. The summed E-state index contributed by atoms with van der Waals surface area (Å²) in [7, 11) is 0. The topological polar surface area (TPSA) is 20.3 Å². The molecule has 104 valence electrons. The van der Waals surface area contributed by atoms with Crippen molar-refractivity contribution in [3.63, 3.8) is 0 Å². The van der Waals surface area contributed by atoms with Crippen molar-refractivity contribution in [3.05, 3.63) is 33.8 Å². The molecule has 0 N–H and O–H groups in total. The molecule has 1 heterocycles. The number of hydrogen-bond acceptors (Lipinski definition) is 1. The Balaban J connectivity index is 2.13. The molecule has 0 bridgehead atoms. The van der Waals surface area contributed by atoms with Gasteiger partial charge in [0.05, 0.1) is 0 Å². The fourth-order valence-corrected chi connectivity index (χ4v) is 3.15. The first kappa shape index (κ1) is 14.6. The number of carbonyl (C=O) groups excluding carboxylic acids is 1. The summed E-state index contributed by atoms with van der Waals surface area (Å²) in [5.41, 5.74) is 1.88. The monoisotopic (exact) mass is 323 g/mol. The average molecular weight is 324 g/mol. The molecule has 1 aromatic carbocycles. The highest BCUT2D eigenvalue weighted by molar-refractivity contribution is 9.10. The number of benzene rings is 1. The van der Waals surface area contributed by atoms with Gasteiger partial charge in [-0.25, -0.2) is 0 Å². The Bertz CT molecular complexity index is 458. The van der Waals surface area contributed by atoms with Gasteiger partial charge in [-0.15, -0.1) is 0 Å². The van der Waals surface area contributed by atoms with Gasteiger partial charge in [-0.2, -0.15) is 0 Å². The van der Waals surface area contributed by atoms with Gasteiger partial charge in [0.1, 0.15) is 0 Å². The molecular weight excluding hydrogens is 302 g/mol. The fraction of sp³-hybridized carbons (Fsp3) is 0.562. The second-order valence-corrected chi connectivity index (χ2v) is 6.26. The quantitative estimate of drug-likeness (QED) is 0.789. The van der Waals surface area contributed by atoms with E-state index in [9.17, 15) is 4.79 Å². The second kappa shape index (κ2) is 6.56. The lowest BCUT2D eigenvalue weighted by Gasteiger charge is -2.22. The van der Waals surface area contributed by atoms with Crippen LogP contribution in [-0.2, 0) is 0 Å². The maximum absolute atomic E-state index is 12.6. The van der Waals surface area contributed by atoms with Crippen LogP contribution >= 0.6 is 15.9 Å². The van der Waals surface area contributed by atoms with Gasteiger partial charge in [-0.05, 0) is 49.8 Å². The summed E-state index contributed by atoms with van der Waals surface area (Å²) in [5.74, 6) is 0.983. The second-order valence-electron chi connectivity index (χ2n) is 5.41. The Labute approximate surface area is 124 Å². The van der Waals surface area contributed by atoms with Crippen LogP contribution < -0.4 is 0 Å². The minimum atomic E-state index is 0.190. The van der Waals surface area contributed by atoms with E-state index in [-0.39, 0.29) is 5.91 Å². The lowest BCUT2D eigenvalue weighted by atomic mass is 9.98. The molecule has 1 aromatic rings. The molecule has 1 amide bonds. The predicted molar refractivity (Wildman–Crippen MR) is 82.4 cm³/mol.